The zero-order valence-corrected chi connectivity index (χ0v) is 21.2. The van der Waals surface area contributed by atoms with E-state index >= 15 is 0 Å². The molecule has 0 bridgehead atoms. The Morgan fingerprint density at radius 1 is 1.00 bits per heavy atom. The molecule has 2 saturated carbocycles. The van der Waals surface area contributed by atoms with Gasteiger partial charge in [-0.1, -0.05) is 70.5 Å². The Balaban J connectivity index is 1.19. The molecule has 3 aromatic carbocycles. The average Bonchev–Trinajstić information content (AvgIpc) is 3.22. The highest BCUT2D eigenvalue weighted by molar-refractivity contribution is 9.10. The second kappa shape index (κ2) is 8.89. The minimum atomic E-state index is -0.701. The summed E-state index contributed by atoms with van der Waals surface area (Å²) in [6.07, 6.45) is 4.96. The van der Waals surface area contributed by atoms with Crippen LogP contribution in [0.25, 0.3) is 22.0 Å². The van der Waals surface area contributed by atoms with Gasteiger partial charge in [0.05, 0.1) is 29.7 Å². The molecule has 0 atom stereocenters. The summed E-state index contributed by atoms with van der Waals surface area (Å²) in [6.45, 7) is 0.559. The highest BCUT2D eigenvalue weighted by Gasteiger charge is 2.55. The van der Waals surface area contributed by atoms with Gasteiger partial charge in [-0.3, -0.25) is 14.3 Å². The number of aliphatic carboxylic acids is 1. The van der Waals surface area contributed by atoms with E-state index in [1.54, 1.807) is 6.20 Å². The summed E-state index contributed by atoms with van der Waals surface area (Å²) >= 11 is 3.54. The van der Waals surface area contributed by atoms with Gasteiger partial charge in [0.1, 0.15) is 0 Å². The molecule has 2 aliphatic carbocycles. The summed E-state index contributed by atoms with van der Waals surface area (Å²) < 4.78 is 2.72. The average molecular weight is 544 g/mol. The number of rotatable bonds is 6. The van der Waals surface area contributed by atoms with Gasteiger partial charge in [-0.25, -0.2) is 0 Å². The summed E-state index contributed by atoms with van der Waals surface area (Å²) in [5, 5.41) is 17.8. The second-order valence-corrected chi connectivity index (χ2v) is 11.2. The number of carbonyl (C=O) groups excluding carboxylic acids is 1. The topological polar surface area (TPSA) is 84.2 Å². The van der Waals surface area contributed by atoms with Gasteiger partial charge in [-0.2, -0.15) is 5.10 Å². The molecule has 0 radical (unpaired) electrons. The van der Waals surface area contributed by atoms with Crippen molar-refractivity contribution in [3.05, 3.63) is 88.5 Å². The minimum Gasteiger partial charge on any atom is -0.481 e. The summed E-state index contributed by atoms with van der Waals surface area (Å²) in [7, 11) is 0. The van der Waals surface area contributed by atoms with Crippen LogP contribution in [0.1, 0.15) is 41.6 Å². The number of hydrogen-bond donors (Lipinski definition) is 2. The molecule has 7 heteroatoms. The molecule has 0 saturated heterocycles. The van der Waals surface area contributed by atoms with Crippen molar-refractivity contribution in [3.8, 4) is 11.1 Å². The van der Waals surface area contributed by atoms with Gasteiger partial charge in [-0.15, -0.1) is 0 Å². The van der Waals surface area contributed by atoms with Gasteiger partial charge in [0.15, 0.2) is 0 Å². The van der Waals surface area contributed by atoms with Gasteiger partial charge >= 0.3 is 5.97 Å². The molecule has 2 aliphatic rings. The number of benzene rings is 3. The van der Waals surface area contributed by atoms with Crippen LogP contribution in [-0.4, -0.2) is 32.8 Å². The van der Waals surface area contributed by atoms with Crippen molar-refractivity contribution in [1.29, 1.82) is 0 Å². The lowest BCUT2D eigenvalue weighted by atomic mass is 9.50. The molecule has 2 fully saturated rings. The van der Waals surface area contributed by atoms with E-state index in [1.807, 2.05) is 35.0 Å². The Hall–Kier alpha value is -3.45. The van der Waals surface area contributed by atoms with Crippen LogP contribution in [0, 0.1) is 11.3 Å². The zero-order chi connectivity index (χ0) is 24.9. The number of carboxylic acids is 1. The maximum atomic E-state index is 13.3. The Kier molecular flexibility index (Phi) is 5.67. The largest absolute Gasteiger partial charge is 0.481 e. The van der Waals surface area contributed by atoms with E-state index in [4.69, 9.17) is 5.11 Å². The van der Waals surface area contributed by atoms with Crippen molar-refractivity contribution in [2.45, 2.75) is 38.3 Å². The van der Waals surface area contributed by atoms with E-state index in [0.29, 0.717) is 12.1 Å². The fourth-order valence-electron chi connectivity index (χ4n) is 5.94. The van der Waals surface area contributed by atoms with Crippen molar-refractivity contribution >= 4 is 38.7 Å². The van der Waals surface area contributed by atoms with Crippen LogP contribution < -0.4 is 5.32 Å². The van der Waals surface area contributed by atoms with E-state index in [2.05, 4.69) is 62.7 Å². The lowest BCUT2D eigenvalue weighted by molar-refractivity contribution is -0.155. The van der Waals surface area contributed by atoms with Crippen molar-refractivity contribution in [3.63, 3.8) is 0 Å². The predicted octanol–water partition coefficient (Wildman–Crippen LogP) is 5.89. The summed E-state index contributed by atoms with van der Waals surface area (Å²) in [6, 6.07) is 22.6. The van der Waals surface area contributed by atoms with E-state index in [0.717, 1.165) is 52.2 Å². The molecule has 4 aromatic rings. The van der Waals surface area contributed by atoms with E-state index < -0.39 is 5.97 Å². The van der Waals surface area contributed by atoms with Gasteiger partial charge in [0.2, 0.25) is 0 Å². The van der Waals surface area contributed by atoms with Gasteiger partial charge < -0.3 is 10.4 Å². The molecule has 1 amide bonds. The Bertz CT molecular complexity index is 1450. The van der Waals surface area contributed by atoms with E-state index in [9.17, 15) is 9.59 Å². The molecule has 0 unspecified atom stereocenters. The molecule has 182 valence electrons. The summed E-state index contributed by atoms with van der Waals surface area (Å²) in [4.78, 5) is 24.5. The first-order valence-corrected chi connectivity index (χ1v) is 13.0. The molecule has 0 aliphatic heterocycles. The third kappa shape index (κ3) is 4.22. The van der Waals surface area contributed by atoms with Crippen LogP contribution in [-0.2, 0) is 11.3 Å². The number of carbonyl (C=O) groups is 2. The second-order valence-electron chi connectivity index (χ2n) is 10.3. The van der Waals surface area contributed by atoms with Gasteiger partial charge in [0.25, 0.3) is 5.91 Å². The molecule has 1 aromatic heterocycles. The first-order chi connectivity index (χ1) is 17.4. The number of halogens is 1. The highest BCUT2D eigenvalue weighted by Crippen LogP contribution is 2.58. The molecular formula is C29H26BrN3O3. The quantitative estimate of drug-likeness (QED) is 0.317. The smallest absolute Gasteiger partial charge is 0.306 e. The maximum Gasteiger partial charge on any atom is 0.306 e. The van der Waals surface area contributed by atoms with E-state index in [1.165, 1.54) is 5.56 Å². The minimum absolute atomic E-state index is 0.0863. The fraction of sp³-hybridized carbons (Fsp3) is 0.276. The Morgan fingerprint density at radius 2 is 1.69 bits per heavy atom. The molecule has 36 heavy (non-hydrogen) atoms. The normalized spacial score (nSPS) is 22.7. The molecule has 6 nitrogen and oxygen atoms in total. The number of amides is 1. The van der Waals surface area contributed by atoms with E-state index in [-0.39, 0.29) is 23.3 Å². The van der Waals surface area contributed by atoms with Crippen molar-refractivity contribution in [2.24, 2.45) is 11.3 Å². The number of hydrogen-bond acceptors (Lipinski definition) is 3. The van der Waals surface area contributed by atoms with Crippen LogP contribution in [0.2, 0.25) is 0 Å². The fourth-order valence-corrected chi connectivity index (χ4v) is 6.42. The lowest BCUT2D eigenvalue weighted by Gasteiger charge is -2.56. The first kappa shape index (κ1) is 23.0. The number of fused-ring (bicyclic) bond motifs is 1. The lowest BCUT2D eigenvalue weighted by Crippen LogP contribution is -2.57. The van der Waals surface area contributed by atoms with Crippen molar-refractivity contribution < 1.29 is 14.7 Å². The molecule has 6 rings (SSSR count). The third-order valence-electron chi connectivity index (χ3n) is 7.74. The van der Waals surface area contributed by atoms with Crippen molar-refractivity contribution in [2.75, 3.05) is 0 Å². The van der Waals surface area contributed by atoms with Crippen LogP contribution in [0.15, 0.2) is 77.4 Å². The molecule has 1 spiro atoms. The summed E-state index contributed by atoms with van der Waals surface area (Å²) in [5.74, 6) is -1.04. The Morgan fingerprint density at radius 3 is 2.39 bits per heavy atom. The number of nitrogens with zero attached hydrogens (tertiary/aromatic N) is 2. The monoisotopic (exact) mass is 543 g/mol. The SMILES string of the molecule is O=C(NC1CC2(C1)CC(C(=O)O)C2)c1cc(Br)cc2cnn(Cc3ccc(-c4ccccc4)cc3)c12. The molecule has 1 heterocycles. The number of nitrogens with one attached hydrogen (secondary N) is 1. The standard InChI is InChI=1S/C29H26BrN3O3/c30-23-10-21-16-31-33(17-18-6-8-20(9-7-18)19-4-2-1-3-5-19)26(21)25(11-23)27(34)32-24-14-29(15-24)12-22(13-29)28(35)36/h1-11,16,22,24H,12-15,17H2,(H,32,34)(H,35,36). The maximum absolute atomic E-state index is 13.3. The summed E-state index contributed by atoms with van der Waals surface area (Å²) in [5.41, 5.74) is 4.96. The molecular weight excluding hydrogens is 518 g/mol. The van der Waals surface area contributed by atoms with Crippen molar-refractivity contribution in [1.82, 2.24) is 15.1 Å². The highest BCUT2D eigenvalue weighted by atomic mass is 79.9. The van der Waals surface area contributed by atoms with Crippen LogP contribution in [0.3, 0.4) is 0 Å². The Labute approximate surface area is 217 Å². The predicted molar refractivity (Wildman–Crippen MR) is 142 cm³/mol. The first-order valence-electron chi connectivity index (χ1n) is 12.2. The van der Waals surface area contributed by atoms with Gasteiger partial charge in [-0.05, 0) is 59.9 Å². The number of carboxylic acid groups (broad SMARTS) is 1. The van der Waals surface area contributed by atoms with Crippen LogP contribution >= 0.6 is 15.9 Å². The third-order valence-corrected chi connectivity index (χ3v) is 8.20. The van der Waals surface area contributed by atoms with Crippen LogP contribution in [0.5, 0.6) is 0 Å². The molecule has 2 N–H and O–H groups in total. The zero-order valence-electron chi connectivity index (χ0n) is 19.7. The number of aromatic nitrogens is 2. The van der Waals surface area contributed by atoms with Gasteiger partial charge in [0, 0.05) is 15.9 Å². The van der Waals surface area contributed by atoms with Crippen LogP contribution in [0.4, 0.5) is 0 Å².